The third-order valence-electron chi connectivity index (χ3n) is 2.07. The fourth-order valence-electron chi connectivity index (χ4n) is 1.25. The maximum atomic E-state index is 13.6. The molecule has 0 fully saturated rings. The van der Waals surface area contributed by atoms with E-state index in [1.165, 1.54) is 18.2 Å². The molecule has 1 aromatic carbocycles. The topological polar surface area (TPSA) is 60.4 Å². The molecular weight excluding hydrogens is 247 g/mol. The molecule has 0 aliphatic heterocycles. The van der Waals surface area contributed by atoms with E-state index >= 15 is 0 Å². The molecule has 0 aromatic heterocycles. The van der Waals surface area contributed by atoms with Crippen LogP contribution in [-0.4, -0.2) is 27.2 Å². The van der Waals surface area contributed by atoms with E-state index in [2.05, 4.69) is 4.74 Å². The maximum absolute atomic E-state index is 13.6. The van der Waals surface area contributed by atoms with Crippen molar-refractivity contribution in [2.45, 2.75) is 18.0 Å². The summed E-state index contributed by atoms with van der Waals surface area (Å²) >= 11 is 0. The standard InChI is InChI=1S/C11H13FO4S/c1-3-16-11(13)10(12)8-5-4-6-9(7-8)17(2,14)15/h4-7,10H,3H2,1-2H3. The van der Waals surface area contributed by atoms with Crippen LogP contribution < -0.4 is 0 Å². The Morgan fingerprint density at radius 3 is 2.65 bits per heavy atom. The number of halogens is 1. The number of carbonyl (C=O) groups is 1. The molecule has 1 aromatic rings. The molecule has 0 N–H and O–H groups in total. The first-order valence-corrected chi connectivity index (χ1v) is 6.86. The minimum Gasteiger partial charge on any atom is -0.464 e. The van der Waals surface area contributed by atoms with Crippen molar-refractivity contribution in [2.75, 3.05) is 12.9 Å². The van der Waals surface area contributed by atoms with Gasteiger partial charge in [0.15, 0.2) is 9.84 Å². The van der Waals surface area contributed by atoms with Gasteiger partial charge in [0.1, 0.15) is 0 Å². The molecule has 0 amide bonds. The number of carbonyl (C=O) groups excluding carboxylic acids is 1. The molecule has 0 aliphatic rings. The van der Waals surface area contributed by atoms with Gasteiger partial charge in [0.2, 0.25) is 6.17 Å². The zero-order valence-corrected chi connectivity index (χ0v) is 10.3. The Kier molecular flexibility index (Phi) is 4.22. The lowest BCUT2D eigenvalue weighted by molar-refractivity contribution is -0.149. The first-order valence-electron chi connectivity index (χ1n) is 4.97. The highest BCUT2D eigenvalue weighted by Gasteiger charge is 2.22. The van der Waals surface area contributed by atoms with E-state index in [4.69, 9.17) is 0 Å². The van der Waals surface area contributed by atoms with E-state index in [1.807, 2.05) is 0 Å². The molecule has 0 heterocycles. The van der Waals surface area contributed by atoms with Gasteiger partial charge in [-0.3, -0.25) is 0 Å². The number of hydrogen-bond acceptors (Lipinski definition) is 4. The second kappa shape index (κ2) is 5.27. The van der Waals surface area contributed by atoms with Crippen LogP contribution in [0.3, 0.4) is 0 Å². The molecule has 17 heavy (non-hydrogen) atoms. The summed E-state index contributed by atoms with van der Waals surface area (Å²) in [6, 6.07) is 5.21. The monoisotopic (exact) mass is 260 g/mol. The molecule has 0 spiro atoms. The predicted octanol–water partition coefficient (Wildman–Crippen LogP) is 1.66. The largest absolute Gasteiger partial charge is 0.464 e. The Morgan fingerprint density at radius 2 is 2.12 bits per heavy atom. The molecule has 0 saturated carbocycles. The molecule has 1 unspecified atom stereocenters. The Balaban J connectivity index is 3.04. The molecule has 6 heteroatoms. The van der Waals surface area contributed by atoms with Crippen molar-refractivity contribution in [1.82, 2.24) is 0 Å². The van der Waals surface area contributed by atoms with E-state index < -0.39 is 22.0 Å². The quantitative estimate of drug-likeness (QED) is 0.772. The highest BCUT2D eigenvalue weighted by atomic mass is 32.2. The number of hydrogen-bond donors (Lipinski definition) is 0. The zero-order chi connectivity index (χ0) is 13.1. The molecule has 0 saturated heterocycles. The third kappa shape index (κ3) is 3.52. The van der Waals surface area contributed by atoms with Gasteiger partial charge in [0, 0.05) is 6.26 Å². The molecule has 4 nitrogen and oxygen atoms in total. The fourth-order valence-corrected chi connectivity index (χ4v) is 1.93. The normalized spacial score (nSPS) is 13.1. The van der Waals surface area contributed by atoms with Crippen molar-refractivity contribution in [2.24, 2.45) is 0 Å². The molecule has 0 aliphatic carbocycles. The summed E-state index contributed by atoms with van der Waals surface area (Å²) in [5, 5.41) is 0. The van der Waals surface area contributed by atoms with Gasteiger partial charge >= 0.3 is 5.97 Å². The number of alkyl halides is 1. The van der Waals surface area contributed by atoms with Crippen LogP contribution in [0, 0.1) is 0 Å². The lowest BCUT2D eigenvalue weighted by atomic mass is 10.1. The van der Waals surface area contributed by atoms with Crippen LogP contribution in [-0.2, 0) is 19.4 Å². The Morgan fingerprint density at radius 1 is 1.47 bits per heavy atom. The zero-order valence-electron chi connectivity index (χ0n) is 9.51. The van der Waals surface area contributed by atoms with E-state index in [0.717, 1.165) is 12.3 Å². The highest BCUT2D eigenvalue weighted by molar-refractivity contribution is 7.90. The number of esters is 1. The minimum absolute atomic E-state index is 0.0219. The van der Waals surface area contributed by atoms with Gasteiger partial charge in [0.25, 0.3) is 0 Å². The molecule has 0 radical (unpaired) electrons. The van der Waals surface area contributed by atoms with Crippen LogP contribution in [0.1, 0.15) is 18.7 Å². The van der Waals surface area contributed by atoms with Crippen molar-refractivity contribution >= 4 is 15.8 Å². The molecule has 1 rings (SSSR count). The van der Waals surface area contributed by atoms with E-state index in [1.54, 1.807) is 6.92 Å². The summed E-state index contributed by atoms with van der Waals surface area (Å²) in [5.41, 5.74) is -0.0219. The van der Waals surface area contributed by atoms with Crippen LogP contribution in [0.4, 0.5) is 4.39 Å². The van der Waals surface area contributed by atoms with Crippen LogP contribution in [0.15, 0.2) is 29.2 Å². The number of benzene rings is 1. The fraction of sp³-hybridized carbons (Fsp3) is 0.364. The van der Waals surface area contributed by atoms with Gasteiger partial charge < -0.3 is 4.74 Å². The maximum Gasteiger partial charge on any atom is 0.345 e. The SMILES string of the molecule is CCOC(=O)C(F)c1cccc(S(C)(=O)=O)c1. The summed E-state index contributed by atoms with van der Waals surface area (Å²) in [4.78, 5) is 11.1. The third-order valence-corrected chi connectivity index (χ3v) is 3.18. The van der Waals surface area contributed by atoms with Crippen molar-refractivity contribution in [3.63, 3.8) is 0 Å². The van der Waals surface area contributed by atoms with Crippen molar-refractivity contribution in [3.8, 4) is 0 Å². The smallest absolute Gasteiger partial charge is 0.345 e. The lowest BCUT2D eigenvalue weighted by Gasteiger charge is -2.08. The summed E-state index contributed by atoms with van der Waals surface area (Å²) in [7, 11) is -3.42. The number of rotatable bonds is 4. The van der Waals surface area contributed by atoms with Crippen LogP contribution in [0.25, 0.3) is 0 Å². The van der Waals surface area contributed by atoms with Gasteiger partial charge in [-0.25, -0.2) is 17.6 Å². The number of sulfone groups is 1. The summed E-state index contributed by atoms with van der Waals surface area (Å²) in [5.74, 6) is -1.02. The Labute approximate surface area is 99.3 Å². The number of ether oxygens (including phenoxy) is 1. The predicted molar refractivity (Wildman–Crippen MR) is 60.0 cm³/mol. The summed E-state index contributed by atoms with van der Waals surface area (Å²) in [6.07, 6.45) is -0.944. The second-order valence-corrected chi connectivity index (χ2v) is 5.47. The van der Waals surface area contributed by atoms with Crippen LogP contribution >= 0.6 is 0 Å². The average molecular weight is 260 g/mol. The summed E-state index contributed by atoms with van der Waals surface area (Å²) in [6.45, 7) is 1.64. The molecular formula is C11H13FO4S. The lowest BCUT2D eigenvalue weighted by Crippen LogP contribution is -2.12. The van der Waals surface area contributed by atoms with Gasteiger partial charge in [0.05, 0.1) is 11.5 Å². The van der Waals surface area contributed by atoms with Crippen molar-refractivity contribution < 1.29 is 22.3 Å². The van der Waals surface area contributed by atoms with Crippen LogP contribution in [0.2, 0.25) is 0 Å². The van der Waals surface area contributed by atoms with Gasteiger partial charge in [-0.2, -0.15) is 0 Å². The Bertz CT molecular complexity index is 510. The molecule has 0 bridgehead atoms. The van der Waals surface area contributed by atoms with Crippen molar-refractivity contribution in [1.29, 1.82) is 0 Å². The Hall–Kier alpha value is -1.43. The van der Waals surface area contributed by atoms with E-state index in [9.17, 15) is 17.6 Å². The molecule has 94 valence electrons. The second-order valence-electron chi connectivity index (χ2n) is 3.46. The first-order chi connectivity index (χ1) is 7.86. The average Bonchev–Trinajstić information content (AvgIpc) is 2.27. The van der Waals surface area contributed by atoms with Crippen LogP contribution in [0.5, 0.6) is 0 Å². The van der Waals surface area contributed by atoms with Gasteiger partial charge in [-0.1, -0.05) is 12.1 Å². The van der Waals surface area contributed by atoms with E-state index in [-0.39, 0.29) is 17.1 Å². The highest BCUT2D eigenvalue weighted by Crippen LogP contribution is 2.22. The minimum atomic E-state index is -3.42. The van der Waals surface area contributed by atoms with Gasteiger partial charge in [-0.05, 0) is 24.6 Å². The first kappa shape index (κ1) is 13.6. The van der Waals surface area contributed by atoms with Crippen molar-refractivity contribution in [3.05, 3.63) is 29.8 Å². The molecule has 1 atom stereocenters. The van der Waals surface area contributed by atoms with Gasteiger partial charge in [-0.15, -0.1) is 0 Å². The van der Waals surface area contributed by atoms with E-state index in [0.29, 0.717) is 0 Å². The summed E-state index contributed by atoms with van der Waals surface area (Å²) < 4.78 is 40.7.